The fourth-order valence-electron chi connectivity index (χ4n) is 3.06. The van der Waals surface area contributed by atoms with E-state index >= 15 is 0 Å². The highest BCUT2D eigenvalue weighted by atomic mass is 16.2. The quantitative estimate of drug-likeness (QED) is 0.521. The zero-order chi connectivity index (χ0) is 13.6. The zero-order valence-corrected chi connectivity index (χ0v) is 10.3. The predicted octanol–water partition coefficient (Wildman–Crippen LogP) is -0.257. The van der Waals surface area contributed by atoms with Crippen molar-refractivity contribution in [3.63, 3.8) is 0 Å². The monoisotopic (exact) mass is 262 g/mol. The Balaban J connectivity index is 1.85. The molecule has 1 N–H and O–H groups in total. The summed E-state index contributed by atoms with van der Waals surface area (Å²) < 4.78 is 0. The minimum Gasteiger partial charge on any atom is -0.295 e. The highest BCUT2D eigenvalue weighted by Gasteiger charge is 2.51. The van der Waals surface area contributed by atoms with Gasteiger partial charge in [0.25, 0.3) is 0 Å². The van der Waals surface area contributed by atoms with Crippen molar-refractivity contribution in [2.45, 2.75) is 31.7 Å². The first-order chi connectivity index (χ1) is 9.09. The second kappa shape index (κ2) is 4.29. The molecule has 0 aromatic rings. The maximum atomic E-state index is 12.3. The molecule has 6 nitrogen and oxygen atoms in total. The van der Waals surface area contributed by atoms with Crippen molar-refractivity contribution in [1.82, 2.24) is 10.2 Å². The fraction of sp³-hybridized carbons (Fsp3) is 0.538. The number of likely N-dealkylation sites (tertiary alicyclic amines) is 1. The van der Waals surface area contributed by atoms with E-state index in [1.54, 1.807) is 0 Å². The van der Waals surface area contributed by atoms with Crippen molar-refractivity contribution in [2.24, 2.45) is 11.8 Å². The molecular weight excluding hydrogens is 248 g/mol. The van der Waals surface area contributed by atoms with Crippen molar-refractivity contribution in [2.75, 3.05) is 0 Å². The SMILES string of the molecule is O=C1CC[C@H](N2C(=O)[C@H]3CC=CC[C@@H]3C2=O)C(=O)N1. The Labute approximate surface area is 109 Å². The molecule has 3 atom stereocenters. The summed E-state index contributed by atoms with van der Waals surface area (Å²) in [5, 5.41) is 2.19. The van der Waals surface area contributed by atoms with Gasteiger partial charge in [-0.15, -0.1) is 0 Å². The Hall–Kier alpha value is -1.98. The third-order valence-electron chi connectivity index (χ3n) is 4.06. The highest BCUT2D eigenvalue weighted by molar-refractivity contribution is 6.10. The molecule has 19 heavy (non-hydrogen) atoms. The van der Waals surface area contributed by atoms with Crippen LogP contribution in [0.25, 0.3) is 0 Å². The minimum atomic E-state index is -0.816. The van der Waals surface area contributed by atoms with E-state index in [1.165, 1.54) is 0 Å². The standard InChI is InChI=1S/C13H14N2O4/c16-10-6-5-9(11(17)14-10)15-12(18)7-3-1-2-4-8(7)13(15)19/h1-2,7-9H,3-6H2,(H,14,16,17)/t7-,8-,9-/m0/s1. The average Bonchev–Trinajstić information content (AvgIpc) is 2.64. The maximum absolute atomic E-state index is 12.3. The van der Waals surface area contributed by atoms with Crippen molar-refractivity contribution in [3.8, 4) is 0 Å². The van der Waals surface area contributed by atoms with Crippen LogP contribution in [0.15, 0.2) is 12.2 Å². The van der Waals surface area contributed by atoms with Gasteiger partial charge < -0.3 is 0 Å². The summed E-state index contributed by atoms with van der Waals surface area (Å²) in [5.41, 5.74) is 0. The summed E-state index contributed by atoms with van der Waals surface area (Å²) in [4.78, 5) is 48.6. The average molecular weight is 262 g/mol. The molecule has 2 saturated heterocycles. The van der Waals surface area contributed by atoms with Gasteiger partial charge in [-0.05, 0) is 19.3 Å². The van der Waals surface area contributed by atoms with Gasteiger partial charge in [-0.1, -0.05) is 12.2 Å². The van der Waals surface area contributed by atoms with Gasteiger partial charge in [0.15, 0.2) is 0 Å². The topological polar surface area (TPSA) is 83.6 Å². The fourth-order valence-corrected chi connectivity index (χ4v) is 3.06. The Morgan fingerprint density at radius 1 is 1.00 bits per heavy atom. The Morgan fingerprint density at radius 3 is 2.11 bits per heavy atom. The molecular formula is C13H14N2O4. The van der Waals surface area contributed by atoms with Crippen molar-refractivity contribution in [1.29, 1.82) is 0 Å². The summed E-state index contributed by atoms with van der Waals surface area (Å²) in [7, 11) is 0. The van der Waals surface area contributed by atoms with Crippen LogP contribution in [0.4, 0.5) is 0 Å². The van der Waals surface area contributed by atoms with Crippen LogP contribution in [0.1, 0.15) is 25.7 Å². The number of allylic oxidation sites excluding steroid dienone is 2. The molecule has 0 aromatic heterocycles. The van der Waals surface area contributed by atoms with Gasteiger partial charge >= 0.3 is 0 Å². The minimum absolute atomic E-state index is 0.168. The number of amides is 4. The van der Waals surface area contributed by atoms with Crippen molar-refractivity contribution in [3.05, 3.63) is 12.2 Å². The first-order valence-corrected chi connectivity index (χ1v) is 6.45. The Bertz CT molecular complexity index is 485. The number of hydrogen-bond donors (Lipinski definition) is 1. The summed E-state index contributed by atoms with van der Waals surface area (Å²) in [6, 6.07) is -0.816. The third-order valence-corrected chi connectivity index (χ3v) is 4.06. The Morgan fingerprint density at radius 2 is 1.58 bits per heavy atom. The number of hydrogen-bond acceptors (Lipinski definition) is 4. The van der Waals surface area contributed by atoms with Crippen molar-refractivity contribution < 1.29 is 19.2 Å². The van der Waals surface area contributed by atoms with Crippen LogP contribution in [0, 0.1) is 11.8 Å². The molecule has 0 unspecified atom stereocenters. The number of rotatable bonds is 1. The molecule has 3 rings (SSSR count). The lowest BCUT2D eigenvalue weighted by atomic mass is 9.85. The molecule has 3 aliphatic rings. The van der Waals surface area contributed by atoms with Crippen LogP contribution < -0.4 is 5.32 Å². The summed E-state index contributed by atoms with van der Waals surface area (Å²) in [5.74, 6) is -2.09. The van der Waals surface area contributed by atoms with Crippen LogP contribution >= 0.6 is 0 Å². The first-order valence-electron chi connectivity index (χ1n) is 6.45. The molecule has 6 heteroatoms. The summed E-state index contributed by atoms with van der Waals surface area (Å²) >= 11 is 0. The molecule has 0 bridgehead atoms. The number of nitrogens with one attached hydrogen (secondary N) is 1. The van der Waals surface area contributed by atoms with Gasteiger partial charge in [-0.2, -0.15) is 0 Å². The van der Waals surface area contributed by atoms with Crippen LogP contribution in [0.5, 0.6) is 0 Å². The van der Waals surface area contributed by atoms with Crippen molar-refractivity contribution >= 4 is 23.6 Å². The van der Waals surface area contributed by atoms with E-state index in [1.807, 2.05) is 12.2 Å². The van der Waals surface area contributed by atoms with Gasteiger partial charge in [0.2, 0.25) is 23.6 Å². The molecule has 2 fully saturated rings. The zero-order valence-electron chi connectivity index (χ0n) is 10.3. The van der Waals surface area contributed by atoms with Gasteiger partial charge in [-0.3, -0.25) is 29.4 Å². The van der Waals surface area contributed by atoms with E-state index in [4.69, 9.17) is 0 Å². The van der Waals surface area contributed by atoms with E-state index in [0.717, 1.165) is 4.90 Å². The van der Waals surface area contributed by atoms with E-state index in [9.17, 15) is 19.2 Å². The molecule has 0 aromatic carbocycles. The van der Waals surface area contributed by atoms with E-state index in [0.29, 0.717) is 12.8 Å². The molecule has 2 heterocycles. The number of fused-ring (bicyclic) bond motifs is 1. The lowest BCUT2D eigenvalue weighted by Gasteiger charge is -2.28. The lowest BCUT2D eigenvalue weighted by molar-refractivity contribution is -0.151. The third kappa shape index (κ3) is 1.78. The first kappa shape index (κ1) is 12.1. The van der Waals surface area contributed by atoms with Crippen LogP contribution in [0.3, 0.4) is 0 Å². The molecule has 0 saturated carbocycles. The number of piperidine rings is 1. The maximum Gasteiger partial charge on any atom is 0.249 e. The number of carbonyl (C=O) groups excluding carboxylic acids is 4. The van der Waals surface area contributed by atoms with Gasteiger partial charge in [0.05, 0.1) is 11.8 Å². The molecule has 0 radical (unpaired) electrons. The predicted molar refractivity (Wildman–Crippen MR) is 63.4 cm³/mol. The van der Waals surface area contributed by atoms with E-state index in [2.05, 4.69) is 5.32 Å². The molecule has 100 valence electrons. The number of imide groups is 2. The van der Waals surface area contributed by atoms with E-state index < -0.39 is 11.9 Å². The van der Waals surface area contributed by atoms with E-state index in [-0.39, 0.29) is 42.4 Å². The second-order valence-corrected chi connectivity index (χ2v) is 5.17. The normalized spacial score (nSPS) is 34.5. The summed E-state index contributed by atoms with van der Waals surface area (Å²) in [6.07, 6.45) is 5.31. The summed E-state index contributed by atoms with van der Waals surface area (Å²) in [6.45, 7) is 0. The second-order valence-electron chi connectivity index (χ2n) is 5.17. The van der Waals surface area contributed by atoms with Crippen LogP contribution in [0.2, 0.25) is 0 Å². The molecule has 0 spiro atoms. The highest BCUT2D eigenvalue weighted by Crippen LogP contribution is 2.37. The number of carbonyl (C=O) groups is 4. The van der Waals surface area contributed by atoms with Gasteiger partial charge in [0.1, 0.15) is 6.04 Å². The molecule has 2 aliphatic heterocycles. The largest absolute Gasteiger partial charge is 0.295 e. The number of nitrogens with zero attached hydrogens (tertiary/aromatic N) is 1. The molecule has 1 aliphatic carbocycles. The van der Waals surface area contributed by atoms with Gasteiger partial charge in [-0.25, -0.2) is 0 Å². The molecule has 4 amide bonds. The smallest absolute Gasteiger partial charge is 0.249 e. The Kier molecular flexibility index (Phi) is 2.73. The van der Waals surface area contributed by atoms with Gasteiger partial charge in [0, 0.05) is 6.42 Å². The van der Waals surface area contributed by atoms with Crippen LogP contribution in [-0.2, 0) is 19.2 Å². The lowest BCUT2D eigenvalue weighted by Crippen LogP contribution is -2.54. The van der Waals surface area contributed by atoms with Crippen LogP contribution in [-0.4, -0.2) is 34.6 Å².